The monoisotopic (exact) mass is 859 g/mol. The maximum Gasteiger partial charge on any atom is 0.471 e. The van der Waals surface area contributed by atoms with Crippen molar-refractivity contribution >= 4 is 36.6 Å². The number of hydrogen-bond donors (Lipinski definition) is 0. The van der Waals surface area contributed by atoms with Crippen molar-refractivity contribution in [3.63, 3.8) is 0 Å². The Labute approximate surface area is 355 Å². The highest BCUT2D eigenvalue weighted by molar-refractivity contribution is 6.76. The number of carbonyl (C=O) groups excluding carboxylic acids is 2. The fraction of sp³-hybridized carbons (Fsp3) is 0.413. The van der Waals surface area contributed by atoms with E-state index in [1.165, 1.54) is 12.1 Å². The van der Waals surface area contributed by atoms with Crippen LogP contribution >= 0.6 is 0 Å². The van der Waals surface area contributed by atoms with E-state index in [9.17, 15) is 18.0 Å². The van der Waals surface area contributed by atoms with E-state index in [-0.39, 0.29) is 24.0 Å². The van der Waals surface area contributed by atoms with Crippen molar-refractivity contribution in [2.24, 2.45) is 0 Å². The summed E-state index contributed by atoms with van der Waals surface area (Å²) in [5.41, 5.74) is 3.40. The van der Waals surface area contributed by atoms with Gasteiger partial charge in [0.1, 0.15) is 24.8 Å². The van der Waals surface area contributed by atoms with Gasteiger partial charge in [-0.1, -0.05) is 92.4 Å². The van der Waals surface area contributed by atoms with Gasteiger partial charge >= 0.3 is 18.1 Å². The van der Waals surface area contributed by atoms with Crippen molar-refractivity contribution in [1.82, 2.24) is 19.6 Å². The molecule has 0 N–H and O–H groups in total. The average molecular weight is 860 g/mol. The first-order valence-corrected chi connectivity index (χ1v) is 24.2. The molecule has 0 spiro atoms. The molecule has 61 heavy (non-hydrogen) atoms. The molecule has 0 bridgehead atoms. The molecule has 4 atom stereocenters. The van der Waals surface area contributed by atoms with E-state index in [4.69, 9.17) is 14.2 Å². The summed E-state index contributed by atoms with van der Waals surface area (Å²) in [6.45, 7) is 11.6. The van der Waals surface area contributed by atoms with E-state index >= 15 is 9.18 Å². The van der Waals surface area contributed by atoms with Crippen LogP contribution in [-0.4, -0.2) is 89.5 Å². The predicted octanol–water partition coefficient (Wildman–Crippen LogP) is 9.19. The molecular formula is C46H53F4N5O5Si. The number of urea groups is 1. The molecular weight excluding hydrogens is 807 g/mol. The standard InChI is InChI=1S/C46H53F4N5O5Si/c1-45(2)59-41-39(24-31-13-9-7-10-14-31)53(28-33-18-20-37-35(23-33)27-51-55(37)30-58-21-22-61(4,5)6)44(57)54(40(42(41)60-45)25-32-15-11-8-12-16-32)29-34-17-19-36(47)38(26-34)52(3)43(56)46(48,49)50/h7-20,23,26-27,39-42H,21-22,24-25,28-30H2,1-6H3/t39-,40-,41+,42+/m1/s1. The molecule has 3 amide bonds. The van der Waals surface area contributed by atoms with E-state index < -0.39 is 61.7 Å². The first-order valence-electron chi connectivity index (χ1n) is 20.5. The molecule has 0 saturated carbocycles. The third-order valence-corrected chi connectivity index (χ3v) is 13.0. The van der Waals surface area contributed by atoms with Crippen LogP contribution in [0.3, 0.4) is 0 Å². The van der Waals surface area contributed by atoms with Crippen LogP contribution in [0.4, 0.5) is 28.0 Å². The van der Waals surface area contributed by atoms with Gasteiger partial charge in [-0.15, -0.1) is 0 Å². The smallest absolute Gasteiger partial charge is 0.360 e. The Kier molecular flexibility index (Phi) is 12.8. The van der Waals surface area contributed by atoms with Crippen LogP contribution in [0.15, 0.2) is 103 Å². The summed E-state index contributed by atoms with van der Waals surface area (Å²) in [4.78, 5) is 31.6. The number of ether oxygens (including phenoxy) is 3. The molecule has 0 aliphatic carbocycles. The van der Waals surface area contributed by atoms with Crippen LogP contribution in [0.1, 0.15) is 36.1 Å². The Morgan fingerprint density at radius 3 is 1.90 bits per heavy atom. The number of alkyl halides is 3. The van der Waals surface area contributed by atoms with Crippen molar-refractivity contribution in [3.05, 3.63) is 131 Å². The summed E-state index contributed by atoms with van der Waals surface area (Å²) >= 11 is 0. The summed E-state index contributed by atoms with van der Waals surface area (Å²) in [6.07, 6.45) is -3.93. The second kappa shape index (κ2) is 17.7. The number of fused-ring (bicyclic) bond motifs is 2. The van der Waals surface area contributed by atoms with Gasteiger partial charge in [0, 0.05) is 40.2 Å². The van der Waals surface area contributed by atoms with Gasteiger partial charge in [0.15, 0.2) is 5.79 Å². The van der Waals surface area contributed by atoms with Crippen molar-refractivity contribution in [2.45, 2.75) is 108 Å². The minimum atomic E-state index is -5.22. The molecule has 5 aromatic rings. The fourth-order valence-electron chi connectivity index (χ4n) is 8.22. The molecule has 0 radical (unpaired) electrons. The van der Waals surface area contributed by atoms with Gasteiger partial charge in [-0.05, 0) is 79.3 Å². The SMILES string of the molecule is CN(C(=O)C(F)(F)F)c1cc(CN2C(=O)N(Cc3ccc4c(cnn4COCC[Si](C)(C)C)c3)[C@H](Cc3ccccc3)[C@@H]3OC(C)(C)O[C@H]3[C@H]2Cc2ccccc2)ccc1F. The number of aromatic nitrogens is 2. The zero-order valence-corrected chi connectivity index (χ0v) is 36.4. The van der Waals surface area contributed by atoms with E-state index in [0.29, 0.717) is 31.7 Å². The van der Waals surface area contributed by atoms with E-state index in [1.807, 2.05) is 97.4 Å². The number of hydrogen-bond acceptors (Lipinski definition) is 6. The summed E-state index contributed by atoms with van der Waals surface area (Å²) in [5.74, 6) is -4.27. The summed E-state index contributed by atoms with van der Waals surface area (Å²) in [7, 11) is -0.387. The normalized spacial score (nSPS) is 20.5. The Hall–Kier alpha value is -5.09. The number of benzene rings is 4. The second-order valence-corrected chi connectivity index (χ2v) is 23.3. The van der Waals surface area contributed by atoms with Gasteiger partial charge in [0.25, 0.3) is 0 Å². The summed E-state index contributed by atoms with van der Waals surface area (Å²) < 4.78 is 77.2. The molecule has 1 aromatic heterocycles. The molecule has 3 heterocycles. The quantitative estimate of drug-likeness (QED) is 0.0629. The van der Waals surface area contributed by atoms with Gasteiger partial charge < -0.3 is 28.9 Å². The Bertz CT molecular complexity index is 2320. The van der Waals surface area contributed by atoms with Gasteiger partial charge in [-0.2, -0.15) is 18.3 Å². The third-order valence-electron chi connectivity index (χ3n) is 11.3. The molecule has 7 rings (SSSR count). The second-order valence-electron chi connectivity index (χ2n) is 17.7. The highest BCUT2D eigenvalue weighted by Gasteiger charge is 2.55. The van der Waals surface area contributed by atoms with Gasteiger partial charge in [0.05, 0.1) is 29.5 Å². The van der Waals surface area contributed by atoms with Crippen molar-refractivity contribution < 1.29 is 41.4 Å². The molecule has 4 aromatic carbocycles. The largest absolute Gasteiger partial charge is 0.471 e. The van der Waals surface area contributed by atoms with Crippen LogP contribution in [0.5, 0.6) is 0 Å². The van der Waals surface area contributed by atoms with Crippen LogP contribution in [-0.2, 0) is 51.7 Å². The number of rotatable bonds is 14. The maximum atomic E-state index is 15.6. The molecule has 2 fully saturated rings. The van der Waals surface area contributed by atoms with Gasteiger partial charge in [-0.3, -0.25) is 4.79 Å². The highest BCUT2D eigenvalue weighted by Crippen LogP contribution is 2.41. The molecule has 15 heteroatoms. The Balaban J connectivity index is 1.30. The molecule has 2 saturated heterocycles. The zero-order chi connectivity index (χ0) is 43.7. The summed E-state index contributed by atoms with van der Waals surface area (Å²) in [6, 6.07) is 28.6. The topological polar surface area (TPSA) is 89.4 Å². The Morgan fingerprint density at radius 2 is 1.36 bits per heavy atom. The van der Waals surface area contributed by atoms with Gasteiger partial charge in [0.2, 0.25) is 0 Å². The zero-order valence-electron chi connectivity index (χ0n) is 35.4. The lowest BCUT2D eigenvalue weighted by Crippen LogP contribution is -2.51. The molecule has 10 nitrogen and oxygen atoms in total. The minimum Gasteiger partial charge on any atom is -0.360 e. The molecule has 2 aliphatic rings. The first-order chi connectivity index (χ1) is 28.9. The average Bonchev–Trinajstić information content (AvgIpc) is 3.76. The first kappa shape index (κ1) is 44.0. The van der Waals surface area contributed by atoms with E-state index in [0.717, 1.165) is 46.8 Å². The Morgan fingerprint density at radius 1 is 0.820 bits per heavy atom. The minimum absolute atomic E-state index is 0.136. The molecule has 2 aliphatic heterocycles. The molecule has 0 unspecified atom stereocenters. The van der Waals surface area contributed by atoms with Crippen molar-refractivity contribution in [3.8, 4) is 0 Å². The number of halogens is 4. The highest BCUT2D eigenvalue weighted by atomic mass is 28.3. The van der Waals surface area contributed by atoms with E-state index in [2.05, 4.69) is 24.7 Å². The lowest BCUT2D eigenvalue weighted by atomic mass is 9.91. The van der Waals surface area contributed by atoms with Crippen LogP contribution < -0.4 is 4.90 Å². The number of carbonyl (C=O) groups is 2. The predicted molar refractivity (Wildman–Crippen MR) is 228 cm³/mol. The lowest BCUT2D eigenvalue weighted by molar-refractivity contribution is -0.170. The van der Waals surface area contributed by atoms with Crippen LogP contribution in [0.25, 0.3) is 10.9 Å². The number of anilines is 1. The lowest BCUT2D eigenvalue weighted by Gasteiger charge is -2.37. The number of nitrogens with zero attached hydrogens (tertiary/aromatic N) is 5. The molecule has 324 valence electrons. The van der Waals surface area contributed by atoms with Crippen molar-refractivity contribution in [2.75, 3.05) is 18.6 Å². The maximum absolute atomic E-state index is 15.6. The summed E-state index contributed by atoms with van der Waals surface area (Å²) in [5, 5.41) is 5.48. The third kappa shape index (κ3) is 10.3. The van der Waals surface area contributed by atoms with Crippen LogP contribution in [0.2, 0.25) is 25.7 Å². The fourth-order valence-corrected chi connectivity index (χ4v) is 8.98. The van der Waals surface area contributed by atoms with Crippen molar-refractivity contribution in [1.29, 1.82) is 0 Å². The van der Waals surface area contributed by atoms with E-state index in [1.54, 1.807) is 16.0 Å². The van der Waals surface area contributed by atoms with Crippen LogP contribution in [0, 0.1) is 5.82 Å². The van der Waals surface area contributed by atoms with Gasteiger partial charge in [-0.25, -0.2) is 13.9 Å². The number of amides is 3.